The lowest BCUT2D eigenvalue weighted by atomic mass is 10.1. The highest BCUT2D eigenvalue weighted by Crippen LogP contribution is 2.23. The molecular formula is C8H10NO6S2. The zero-order chi connectivity index (χ0) is 13.4. The number of aryl methyl sites for hydroxylation is 1. The van der Waals surface area contributed by atoms with Crippen molar-refractivity contribution in [3.8, 4) is 0 Å². The summed E-state index contributed by atoms with van der Waals surface area (Å²) in [4.78, 5) is -1.20. The Morgan fingerprint density at radius 3 is 2.12 bits per heavy atom. The number of rotatable bonds is 3. The van der Waals surface area contributed by atoms with Gasteiger partial charge in [-0.25, -0.2) is 18.7 Å². The van der Waals surface area contributed by atoms with Crippen molar-refractivity contribution in [2.24, 2.45) is 5.14 Å². The number of benzene rings is 1. The molecule has 0 aliphatic rings. The lowest BCUT2D eigenvalue weighted by Gasteiger charge is -2.09. The van der Waals surface area contributed by atoms with Crippen molar-refractivity contribution in [2.45, 2.75) is 23.3 Å². The van der Waals surface area contributed by atoms with Crippen LogP contribution in [0.5, 0.6) is 0 Å². The van der Waals surface area contributed by atoms with Crippen molar-refractivity contribution in [1.82, 2.24) is 0 Å². The van der Waals surface area contributed by atoms with E-state index in [1.54, 1.807) is 0 Å². The predicted molar refractivity (Wildman–Crippen MR) is 56.8 cm³/mol. The summed E-state index contributed by atoms with van der Waals surface area (Å²) in [5.74, 6) is 0. The summed E-state index contributed by atoms with van der Waals surface area (Å²) in [6.45, 7) is 0.500. The maximum absolute atomic E-state index is 11.2. The van der Waals surface area contributed by atoms with Crippen LogP contribution in [0.1, 0.15) is 11.1 Å². The molecule has 1 aromatic rings. The number of nitrogens with two attached hydrogens (primary N) is 1. The molecule has 0 aromatic heterocycles. The third-order valence-electron chi connectivity index (χ3n) is 2.15. The third kappa shape index (κ3) is 3.01. The van der Waals surface area contributed by atoms with Gasteiger partial charge in [-0.2, -0.15) is 8.42 Å². The van der Waals surface area contributed by atoms with Crippen molar-refractivity contribution in [2.75, 3.05) is 0 Å². The van der Waals surface area contributed by atoms with Crippen LogP contribution >= 0.6 is 0 Å². The first-order valence-electron chi connectivity index (χ1n) is 4.29. The lowest BCUT2D eigenvalue weighted by Crippen LogP contribution is -2.16. The molecule has 0 fully saturated rings. The average molecular weight is 280 g/mol. The molecule has 3 N–H and O–H groups in total. The van der Waals surface area contributed by atoms with Crippen LogP contribution in [-0.2, 0) is 31.9 Å². The van der Waals surface area contributed by atoms with E-state index in [-0.39, 0.29) is 11.1 Å². The zero-order valence-electron chi connectivity index (χ0n) is 8.74. The largest absolute Gasteiger partial charge is 0.294 e. The summed E-state index contributed by atoms with van der Waals surface area (Å²) in [6.07, 6.45) is 0. The van der Waals surface area contributed by atoms with Crippen molar-refractivity contribution in [3.05, 3.63) is 23.3 Å². The minimum Gasteiger partial charge on any atom is -0.282 e. The van der Waals surface area contributed by atoms with Gasteiger partial charge in [0.1, 0.15) is 6.61 Å². The molecular weight excluding hydrogens is 270 g/mol. The molecule has 0 heterocycles. The summed E-state index contributed by atoms with van der Waals surface area (Å²) in [7, 11) is -8.78. The van der Waals surface area contributed by atoms with Crippen molar-refractivity contribution in [3.63, 3.8) is 0 Å². The second-order valence-electron chi connectivity index (χ2n) is 3.38. The molecule has 95 valence electrons. The molecule has 17 heavy (non-hydrogen) atoms. The standard InChI is InChI=1S/C8H10NO6S2/c1-5-2-6(17(13,14)15)3-8(7(5)4-10)16(9,11)12/h2-3H,4H2,1H3,(H2,9,11,12)(H,13,14,15). The first-order chi connectivity index (χ1) is 7.57. The van der Waals surface area contributed by atoms with E-state index in [1.807, 2.05) is 0 Å². The van der Waals surface area contributed by atoms with Crippen LogP contribution < -0.4 is 5.14 Å². The zero-order valence-corrected chi connectivity index (χ0v) is 10.4. The summed E-state index contributed by atoms with van der Waals surface area (Å²) in [5, 5.41) is 15.7. The van der Waals surface area contributed by atoms with Gasteiger partial charge in [0.05, 0.1) is 9.79 Å². The Bertz CT molecular complexity index is 647. The van der Waals surface area contributed by atoms with Gasteiger partial charge in [0.2, 0.25) is 10.0 Å². The second kappa shape index (κ2) is 4.35. The van der Waals surface area contributed by atoms with Gasteiger partial charge in [0, 0.05) is 5.56 Å². The molecule has 0 spiro atoms. The number of sulfonamides is 1. The van der Waals surface area contributed by atoms with Gasteiger partial charge in [-0.15, -0.1) is 0 Å². The molecule has 7 nitrogen and oxygen atoms in total. The molecule has 1 aromatic carbocycles. The van der Waals surface area contributed by atoms with Crippen LogP contribution in [-0.4, -0.2) is 21.4 Å². The van der Waals surface area contributed by atoms with Crippen LogP contribution in [0, 0.1) is 6.92 Å². The van der Waals surface area contributed by atoms with Crippen LogP contribution in [0.25, 0.3) is 0 Å². The molecule has 9 heteroatoms. The van der Waals surface area contributed by atoms with Crippen molar-refractivity contribution in [1.29, 1.82) is 0 Å². The Kier molecular flexibility index (Phi) is 3.60. The van der Waals surface area contributed by atoms with Gasteiger partial charge >= 0.3 is 0 Å². The molecule has 0 unspecified atom stereocenters. The Labute approximate surface area is 98.7 Å². The smallest absolute Gasteiger partial charge is 0.282 e. The molecule has 0 atom stereocenters. The Morgan fingerprint density at radius 1 is 1.24 bits per heavy atom. The van der Waals surface area contributed by atoms with Crippen LogP contribution in [0.3, 0.4) is 0 Å². The fraction of sp³-hybridized carbons (Fsp3) is 0.250. The third-order valence-corrected chi connectivity index (χ3v) is 3.96. The normalized spacial score (nSPS) is 12.7. The summed E-state index contributed by atoms with van der Waals surface area (Å²) < 4.78 is 53.0. The van der Waals surface area contributed by atoms with Crippen molar-refractivity contribution >= 4 is 20.1 Å². The summed E-state index contributed by atoms with van der Waals surface area (Å²) in [6, 6.07) is 1.68. The van der Waals surface area contributed by atoms with Gasteiger partial charge in [-0.3, -0.25) is 4.55 Å². The van der Waals surface area contributed by atoms with E-state index >= 15 is 0 Å². The van der Waals surface area contributed by atoms with E-state index in [1.165, 1.54) is 6.92 Å². The Balaban J connectivity index is 3.75. The molecule has 0 saturated heterocycles. The summed E-state index contributed by atoms with van der Waals surface area (Å²) >= 11 is 0. The van der Waals surface area contributed by atoms with Gasteiger partial charge < -0.3 is 0 Å². The number of hydrogen-bond acceptors (Lipinski definition) is 4. The van der Waals surface area contributed by atoms with E-state index in [2.05, 4.69) is 0 Å². The highest BCUT2D eigenvalue weighted by Gasteiger charge is 2.21. The lowest BCUT2D eigenvalue weighted by molar-refractivity contribution is 0.174. The molecule has 0 saturated carbocycles. The monoisotopic (exact) mass is 280 g/mol. The van der Waals surface area contributed by atoms with E-state index < -0.39 is 36.5 Å². The maximum Gasteiger partial charge on any atom is 0.294 e. The molecule has 1 rings (SSSR count). The molecule has 0 aliphatic carbocycles. The Hall–Kier alpha value is -1.00. The highest BCUT2D eigenvalue weighted by atomic mass is 32.2. The second-order valence-corrected chi connectivity index (χ2v) is 6.33. The fourth-order valence-corrected chi connectivity index (χ4v) is 2.86. The maximum atomic E-state index is 11.2. The molecule has 0 bridgehead atoms. The van der Waals surface area contributed by atoms with Crippen LogP contribution in [0.2, 0.25) is 0 Å². The Morgan fingerprint density at radius 2 is 1.76 bits per heavy atom. The molecule has 1 radical (unpaired) electrons. The van der Waals surface area contributed by atoms with Crippen LogP contribution in [0.4, 0.5) is 0 Å². The van der Waals surface area contributed by atoms with Gasteiger partial charge in [0.15, 0.2) is 0 Å². The van der Waals surface area contributed by atoms with E-state index in [9.17, 15) is 21.9 Å². The number of primary sulfonamides is 1. The van der Waals surface area contributed by atoms with E-state index in [0.29, 0.717) is 6.07 Å². The summed E-state index contributed by atoms with van der Waals surface area (Å²) in [5.41, 5.74) is 0.0269. The minimum absolute atomic E-state index is 0.111. The molecule has 0 amide bonds. The van der Waals surface area contributed by atoms with Gasteiger partial charge in [-0.1, -0.05) is 0 Å². The fourth-order valence-electron chi connectivity index (χ4n) is 1.34. The first-order valence-corrected chi connectivity index (χ1v) is 7.28. The van der Waals surface area contributed by atoms with Crippen molar-refractivity contribution < 1.29 is 26.5 Å². The van der Waals surface area contributed by atoms with Gasteiger partial charge in [-0.05, 0) is 24.6 Å². The van der Waals surface area contributed by atoms with E-state index in [4.69, 9.17) is 9.69 Å². The average Bonchev–Trinajstić information content (AvgIpc) is 2.13. The first kappa shape index (κ1) is 14.1. The van der Waals surface area contributed by atoms with Gasteiger partial charge in [0.25, 0.3) is 10.1 Å². The minimum atomic E-state index is -4.56. The topological polar surface area (TPSA) is 134 Å². The van der Waals surface area contributed by atoms with E-state index in [0.717, 1.165) is 6.07 Å². The molecule has 0 aliphatic heterocycles. The highest BCUT2D eigenvalue weighted by molar-refractivity contribution is 7.89. The predicted octanol–water partition coefficient (Wildman–Crippen LogP) is -0.180. The number of hydrogen-bond donors (Lipinski definition) is 2. The van der Waals surface area contributed by atoms with Crippen LogP contribution in [0.15, 0.2) is 21.9 Å². The quantitative estimate of drug-likeness (QED) is 0.740. The SMILES string of the molecule is Cc1cc(S(=O)(=O)O)cc(S(N)(=O)=O)c1C[O].